The lowest BCUT2D eigenvalue weighted by atomic mass is 9.63. The second-order valence-corrected chi connectivity index (χ2v) is 7.53. The third kappa shape index (κ3) is 3.22. The Hall–Kier alpha value is -0.890. The SMILES string of the molecule is CCC(O)(/C=C\CC(C)C1=CC[C@H]2C(=O)CCC[C@]12C)CC. The summed E-state index contributed by atoms with van der Waals surface area (Å²) in [7, 11) is 0. The summed E-state index contributed by atoms with van der Waals surface area (Å²) in [6, 6.07) is 0. The molecule has 1 N–H and O–H groups in total. The number of allylic oxidation sites excluding steroid dienone is 3. The van der Waals surface area contributed by atoms with Crippen LogP contribution in [0, 0.1) is 17.3 Å². The van der Waals surface area contributed by atoms with Crippen molar-refractivity contribution < 1.29 is 9.90 Å². The molecule has 0 aromatic carbocycles. The predicted octanol–water partition coefficient (Wildman–Crippen LogP) is 4.83. The van der Waals surface area contributed by atoms with E-state index < -0.39 is 5.60 Å². The van der Waals surface area contributed by atoms with E-state index in [2.05, 4.69) is 26.0 Å². The van der Waals surface area contributed by atoms with Gasteiger partial charge >= 0.3 is 0 Å². The summed E-state index contributed by atoms with van der Waals surface area (Å²) < 4.78 is 0. The van der Waals surface area contributed by atoms with E-state index in [9.17, 15) is 9.90 Å². The summed E-state index contributed by atoms with van der Waals surface area (Å²) >= 11 is 0. The van der Waals surface area contributed by atoms with Crippen LogP contribution < -0.4 is 0 Å². The number of aliphatic hydroxyl groups is 1. The Morgan fingerprint density at radius 2 is 2.14 bits per heavy atom. The highest BCUT2D eigenvalue weighted by Crippen LogP contribution is 2.53. The summed E-state index contributed by atoms with van der Waals surface area (Å²) in [4.78, 5) is 12.2. The van der Waals surface area contributed by atoms with Gasteiger partial charge in [0.15, 0.2) is 0 Å². The van der Waals surface area contributed by atoms with Gasteiger partial charge in [0.1, 0.15) is 5.78 Å². The van der Waals surface area contributed by atoms with Crippen molar-refractivity contribution in [3.05, 3.63) is 23.8 Å². The number of rotatable bonds is 6. The fourth-order valence-electron chi connectivity index (χ4n) is 4.42. The van der Waals surface area contributed by atoms with E-state index >= 15 is 0 Å². The molecule has 0 amide bonds. The van der Waals surface area contributed by atoms with Crippen molar-refractivity contribution >= 4 is 5.78 Å². The van der Waals surface area contributed by atoms with Gasteiger partial charge < -0.3 is 5.11 Å². The van der Waals surface area contributed by atoms with Crippen molar-refractivity contribution in [3.63, 3.8) is 0 Å². The molecule has 1 unspecified atom stereocenters. The molecular formula is C20H32O2. The van der Waals surface area contributed by atoms with Crippen LogP contribution in [0.25, 0.3) is 0 Å². The number of Topliss-reactive ketones (excluding diaryl/α,β-unsaturated/α-hetero) is 1. The van der Waals surface area contributed by atoms with Crippen molar-refractivity contribution in [2.24, 2.45) is 17.3 Å². The maximum atomic E-state index is 12.2. The van der Waals surface area contributed by atoms with Gasteiger partial charge in [0.05, 0.1) is 5.60 Å². The molecule has 3 atom stereocenters. The zero-order valence-corrected chi connectivity index (χ0v) is 14.7. The molecule has 0 saturated heterocycles. The van der Waals surface area contributed by atoms with E-state index in [1.54, 1.807) is 0 Å². The molecule has 0 aromatic rings. The standard InChI is InChI=1S/C20H32O2/c1-5-20(22,6-2)14-7-9-15(3)16-11-12-17-18(21)10-8-13-19(16,17)4/h7,11,14-15,17,22H,5-6,8-10,12-13H2,1-4H3/b14-7-/t15?,17-,19+/m0/s1. The lowest BCUT2D eigenvalue weighted by molar-refractivity contribution is -0.128. The Kier molecular flexibility index (Phi) is 5.32. The molecule has 0 radical (unpaired) electrons. The van der Waals surface area contributed by atoms with Crippen molar-refractivity contribution in [3.8, 4) is 0 Å². The molecule has 22 heavy (non-hydrogen) atoms. The molecular weight excluding hydrogens is 272 g/mol. The van der Waals surface area contributed by atoms with Crippen molar-refractivity contribution in [1.82, 2.24) is 0 Å². The van der Waals surface area contributed by atoms with Gasteiger partial charge in [-0.2, -0.15) is 0 Å². The Labute approximate surface area is 135 Å². The van der Waals surface area contributed by atoms with E-state index in [1.165, 1.54) is 5.57 Å². The molecule has 1 fully saturated rings. The average molecular weight is 304 g/mol. The Morgan fingerprint density at radius 3 is 2.77 bits per heavy atom. The van der Waals surface area contributed by atoms with E-state index in [-0.39, 0.29) is 11.3 Å². The number of hydrogen-bond donors (Lipinski definition) is 1. The summed E-state index contributed by atoms with van der Waals surface area (Å²) in [5.41, 5.74) is 0.914. The minimum atomic E-state index is -0.656. The Morgan fingerprint density at radius 1 is 1.45 bits per heavy atom. The lowest BCUT2D eigenvalue weighted by Crippen LogP contribution is -2.36. The van der Waals surface area contributed by atoms with Gasteiger partial charge in [0, 0.05) is 12.3 Å². The second-order valence-electron chi connectivity index (χ2n) is 7.53. The third-order valence-electron chi connectivity index (χ3n) is 6.18. The van der Waals surface area contributed by atoms with Crippen LogP contribution in [0.1, 0.15) is 72.6 Å². The number of fused-ring (bicyclic) bond motifs is 1. The molecule has 0 bridgehead atoms. The van der Waals surface area contributed by atoms with Crippen LogP contribution >= 0.6 is 0 Å². The van der Waals surface area contributed by atoms with Crippen LogP contribution in [-0.4, -0.2) is 16.5 Å². The van der Waals surface area contributed by atoms with Crippen LogP contribution in [0.3, 0.4) is 0 Å². The topological polar surface area (TPSA) is 37.3 Å². The maximum Gasteiger partial charge on any atom is 0.137 e. The van der Waals surface area contributed by atoms with Crippen LogP contribution in [0.2, 0.25) is 0 Å². The van der Waals surface area contributed by atoms with Gasteiger partial charge in [-0.25, -0.2) is 0 Å². The molecule has 2 heteroatoms. The zero-order valence-electron chi connectivity index (χ0n) is 14.7. The molecule has 0 spiro atoms. The smallest absolute Gasteiger partial charge is 0.137 e. The molecule has 2 aliphatic carbocycles. The number of ketones is 1. The van der Waals surface area contributed by atoms with E-state index in [1.807, 2.05) is 19.9 Å². The fourth-order valence-corrected chi connectivity index (χ4v) is 4.42. The van der Waals surface area contributed by atoms with E-state index in [4.69, 9.17) is 0 Å². The number of carbonyl (C=O) groups excluding carboxylic acids is 1. The van der Waals surface area contributed by atoms with E-state index in [0.29, 0.717) is 11.7 Å². The molecule has 2 nitrogen and oxygen atoms in total. The zero-order chi connectivity index (χ0) is 16.4. The first kappa shape index (κ1) is 17.5. The van der Waals surface area contributed by atoms with Crippen LogP contribution in [-0.2, 0) is 4.79 Å². The van der Waals surface area contributed by atoms with Crippen LogP contribution in [0.4, 0.5) is 0 Å². The summed E-state index contributed by atoms with van der Waals surface area (Å²) in [6.07, 6.45) is 12.8. The minimum absolute atomic E-state index is 0.0917. The first-order valence-electron chi connectivity index (χ1n) is 8.99. The molecule has 1 saturated carbocycles. The van der Waals surface area contributed by atoms with Crippen LogP contribution in [0.5, 0.6) is 0 Å². The fraction of sp³-hybridized carbons (Fsp3) is 0.750. The van der Waals surface area contributed by atoms with Crippen molar-refractivity contribution in [2.75, 3.05) is 0 Å². The first-order valence-corrected chi connectivity index (χ1v) is 8.99. The van der Waals surface area contributed by atoms with Gasteiger partial charge in [0.25, 0.3) is 0 Å². The third-order valence-corrected chi connectivity index (χ3v) is 6.18. The maximum absolute atomic E-state index is 12.2. The van der Waals surface area contributed by atoms with Gasteiger partial charge in [-0.1, -0.05) is 51.5 Å². The monoisotopic (exact) mass is 304 g/mol. The number of carbonyl (C=O) groups is 1. The molecule has 0 heterocycles. The molecule has 0 aliphatic heterocycles. The number of hydrogen-bond acceptors (Lipinski definition) is 2. The van der Waals surface area contributed by atoms with Crippen molar-refractivity contribution in [1.29, 1.82) is 0 Å². The first-order chi connectivity index (χ1) is 10.4. The Balaban J connectivity index is 2.03. The van der Waals surface area contributed by atoms with Gasteiger partial charge in [-0.15, -0.1) is 0 Å². The quantitative estimate of drug-likeness (QED) is 0.714. The molecule has 124 valence electrons. The van der Waals surface area contributed by atoms with E-state index in [0.717, 1.165) is 44.9 Å². The second kappa shape index (κ2) is 6.70. The predicted molar refractivity (Wildman–Crippen MR) is 91.6 cm³/mol. The molecule has 2 rings (SSSR count). The lowest BCUT2D eigenvalue weighted by Gasteiger charge is -2.40. The molecule has 0 aromatic heterocycles. The summed E-state index contributed by atoms with van der Waals surface area (Å²) in [5, 5.41) is 10.3. The summed E-state index contributed by atoms with van der Waals surface area (Å²) in [5.74, 6) is 1.15. The van der Waals surface area contributed by atoms with Crippen molar-refractivity contribution in [2.45, 2.75) is 78.2 Å². The average Bonchev–Trinajstić information content (AvgIpc) is 2.85. The largest absolute Gasteiger partial charge is 0.386 e. The Bertz CT molecular complexity index is 470. The van der Waals surface area contributed by atoms with Gasteiger partial charge in [-0.05, 0) is 49.9 Å². The highest BCUT2D eigenvalue weighted by molar-refractivity contribution is 5.84. The highest BCUT2D eigenvalue weighted by Gasteiger charge is 2.47. The summed E-state index contributed by atoms with van der Waals surface area (Å²) in [6.45, 7) is 8.61. The van der Waals surface area contributed by atoms with Crippen LogP contribution in [0.15, 0.2) is 23.8 Å². The molecule has 2 aliphatic rings. The van der Waals surface area contributed by atoms with Gasteiger partial charge in [-0.3, -0.25) is 4.79 Å². The minimum Gasteiger partial charge on any atom is -0.386 e. The normalized spacial score (nSPS) is 30.5. The van der Waals surface area contributed by atoms with Gasteiger partial charge in [0.2, 0.25) is 0 Å². The highest BCUT2D eigenvalue weighted by atomic mass is 16.3.